The van der Waals surface area contributed by atoms with Crippen LogP contribution in [0, 0.1) is 10.5 Å². The van der Waals surface area contributed by atoms with E-state index in [0.29, 0.717) is 5.78 Å². The predicted octanol–water partition coefficient (Wildman–Crippen LogP) is 3.83. The quantitative estimate of drug-likeness (QED) is 0.720. The number of carbonyl (C=O) groups excluding carboxylic acids is 1. The van der Waals surface area contributed by atoms with Gasteiger partial charge in [0.1, 0.15) is 5.78 Å². The molecule has 0 radical (unpaired) electrons. The van der Waals surface area contributed by atoms with Crippen molar-refractivity contribution in [1.29, 1.82) is 0 Å². The average Bonchev–Trinajstić information content (AvgIpc) is 2.23. The summed E-state index contributed by atoms with van der Waals surface area (Å²) in [4.78, 5) is 11.9. The van der Waals surface area contributed by atoms with Gasteiger partial charge < -0.3 is 0 Å². The van der Waals surface area contributed by atoms with E-state index in [1.165, 1.54) is 21.1 Å². The van der Waals surface area contributed by atoms with Gasteiger partial charge in [0.25, 0.3) is 0 Å². The van der Waals surface area contributed by atoms with Crippen molar-refractivity contribution in [3.63, 3.8) is 0 Å². The second-order valence-electron chi connectivity index (χ2n) is 4.29. The van der Waals surface area contributed by atoms with Gasteiger partial charge in [0.05, 0.1) is 0 Å². The van der Waals surface area contributed by atoms with Gasteiger partial charge in [-0.1, -0.05) is 24.1 Å². The predicted molar refractivity (Wildman–Crippen MR) is 70.1 cm³/mol. The summed E-state index contributed by atoms with van der Waals surface area (Å²) in [6, 6.07) is 6.40. The molecular weight excluding hydrogens is 299 g/mol. The fourth-order valence-electron chi connectivity index (χ4n) is 2.24. The molecule has 80 valence electrons. The first kappa shape index (κ1) is 11.1. The first-order valence-electron chi connectivity index (χ1n) is 5.47. The Kier molecular flexibility index (Phi) is 3.44. The van der Waals surface area contributed by atoms with E-state index >= 15 is 0 Å². The van der Waals surface area contributed by atoms with Crippen molar-refractivity contribution in [2.75, 3.05) is 0 Å². The number of hydrogen-bond acceptors (Lipinski definition) is 1. The number of halogens is 1. The van der Waals surface area contributed by atoms with E-state index in [1.807, 2.05) is 0 Å². The number of rotatable bonds is 1. The SMILES string of the molecule is Cc1ccc(I)c(C2CCCCC2=O)c1. The second-order valence-corrected chi connectivity index (χ2v) is 5.45. The smallest absolute Gasteiger partial charge is 0.140 e. The van der Waals surface area contributed by atoms with Gasteiger partial charge in [-0.15, -0.1) is 0 Å². The van der Waals surface area contributed by atoms with Gasteiger partial charge >= 0.3 is 0 Å². The molecule has 1 saturated carbocycles. The molecule has 0 saturated heterocycles. The molecule has 2 rings (SSSR count). The van der Waals surface area contributed by atoms with Gasteiger partial charge in [-0.2, -0.15) is 0 Å². The largest absolute Gasteiger partial charge is 0.299 e. The van der Waals surface area contributed by atoms with Gasteiger partial charge in [-0.3, -0.25) is 4.79 Å². The Hall–Kier alpha value is -0.380. The molecule has 0 spiro atoms. The summed E-state index contributed by atoms with van der Waals surface area (Å²) in [6.45, 7) is 2.09. The Balaban J connectivity index is 2.34. The van der Waals surface area contributed by atoms with E-state index in [2.05, 4.69) is 47.7 Å². The molecule has 0 aliphatic heterocycles. The Morgan fingerprint density at radius 3 is 2.87 bits per heavy atom. The van der Waals surface area contributed by atoms with Crippen LogP contribution in [-0.4, -0.2) is 5.78 Å². The van der Waals surface area contributed by atoms with E-state index in [1.54, 1.807) is 0 Å². The van der Waals surface area contributed by atoms with E-state index in [0.717, 1.165) is 19.3 Å². The monoisotopic (exact) mass is 314 g/mol. The Labute approximate surface area is 104 Å². The minimum Gasteiger partial charge on any atom is -0.299 e. The number of benzene rings is 1. The van der Waals surface area contributed by atoms with Crippen LogP contribution in [0.4, 0.5) is 0 Å². The van der Waals surface area contributed by atoms with Gasteiger partial charge in [0.15, 0.2) is 0 Å². The number of ketones is 1. The standard InChI is InChI=1S/C13H15IO/c1-9-6-7-12(14)11(8-9)10-4-2-3-5-13(10)15/h6-8,10H,2-5H2,1H3. The van der Waals surface area contributed by atoms with Crippen LogP contribution in [0.3, 0.4) is 0 Å². The minimum absolute atomic E-state index is 0.172. The molecule has 0 heterocycles. The van der Waals surface area contributed by atoms with Crippen LogP contribution >= 0.6 is 22.6 Å². The van der Waals surface area contributed by atoms with Crippen molar-refractivity contribution in [2.24, 2.45) is 0 Å². The van der Waals surface area contributed by atoms with Gasteiger partial charge in [-0.25, -0.2) is 0 Å². The van der Waals surface area contributed by atoms with Gasteiger partial charge in [-0.05, 0) is 54.0 Å². The van der Waals surface area contributed by atoms with Crippen molar-refractivity contribution in [2.45, 2.75) is 38.5 Å². The van der Waals surface area contributed by atoms with E-state index in [-0.39, 0.29) is 5.92 Å². The maximum Gasteiger partial charge on any atom is 0.140 e. The van der Waals surface area contributed by atoms with Crippen LogP contribution in [0.25, 0.3) is 0 Å². The molecule has 0 N–H and O–H groups in total. The van der Waals surface area contributed by atoms with Crippen molar-refractivity contribution in [3.05, 3.63) is 32.9 Å². The van der Waals surface area contributed by atoms with E-state index in [4.69, 9.17) is 0 Å². The summed E-state index contributed by atoms with van der Waals surface area (Å²) < 4.78 is 1.23. The van der Waals surface area contributed by atoms with Crippen LogP contribution in [0.15, 0.2) is 18.2 Å². The highest BCUT2D eigenvalue weighted by molar-refractivity contribution is 14.1. The van der Waals surface area contributed by atoms with E-state index < -0.39 is 0 Å². The molecule has 0 bridgehead atoms. The van der Waals surface area contributed by atoms with Crippen LogP contribution in [0.5, 0.6) is 0 Å². The zero-order valence-electron chi connectivity index (χ0n) is 8.92. The zero-order valence-corrected chi connectivity index (χ0v) is 11.1. The lowest BCUT2D eigenvalue weighted by atomic mass is 9.82. The number of hydrogen-bond donors (Lipinski definition) is 0. The van der Waals surface area contributed by atoms with E-state index in [9.17, 15) is 4.79 Å². The third kappa shape index (κ3) is 2.41. The fraction of sp³-hybridized carbons (Fsp3) is 0.462. The first-order chi connectivity index (χ1) is 7.18. The lowest BCUT2D eigenvalue weighted by Crippen LogP contribution is -2.18. The minimum atomic E-state index is 0.172. The highest BCUT2D eigenvalue weighted by Crippen LogP contribution is 2.32. The zero-order chi connectivity index (χ0) is 10.8. The highest BCUT2D eigenvalue weighted by atomic mass is 127. The molecule has 0 aromatic heterocycles. The number of aryl methyl sites for hydroxylation is 1. The van der Waals surface area contributed by atoms with Crippen molar-refractivity contribution in [1.82, 2.24) is 0 Å². The number of Topliss-reactive ketones (excluding diaryl/α,β-unsaturated/α-hetero) is 1. The van der Waals surface area contributed by atoms with Gasteiger partial charge in [0.2, 0.25) is 0 Å². The summed E-state index contributed by atoms with van der Waals surface area (Å²) in [5.41, 5.74) is 2.50. The molecule has 2 heteroatoms. The van der Waals surface area contributed by atoms with Crippen LogP contribution < -0.4 is 0 Å². The highest BCUT2D eigenvalue weighted by Gasteiger charge is 2.25. The molecule has 1 aliphatic rings. The maximum absolute atomic E-state index is 11.9. The van der Waals surface area contributed by atoms with Crippen LogP contribution in [0.1, 0.15) is 42.7 Å². The Morgan fingerprint density at radius 1 is 1.33 bits per heavy atom. The average molecular weight is 314 g/mol. The summed E-state index contributed by atoms with van der Waals surface area (Å²) in [7, 11) is 0. The molecule has 15 heavy (non-hydrogen) atoms. The molecule has 1 atom stereocenters. The third-order valence-corrected chi connectivity index (χ3v) is 4.06. The van der Waals surface area contributed by atoms with Crippen LogP contribution in [0.2, 0.25) is 0 Å². The molecule has 1 aromatic carbocycles. The van der Waals surface area contributed by atoms with Crippen molar-refractivity contribution >= 4 is 28.4 Å². The van der Waals surface area contributed by atoms with Gasteiger partial charge in [0, 0.05) is 15.9 Å². The normalized spacial score (nSPS) is 21.7. The topological polar surface area (TPSA) is 17.1 Å². The fourth-order valence-corrected chi connectivity index (χ4v) is 2.95. The lowest BCUT2D eigenvalue weighted by molar-refractivity contribution is -0.121. The van der Waals surface area contributed by atoms with Crippen molar-refractivity contribution in [3.8, 4) is 0 Å². The molecule has 1 unspecified atom stereocenters. The molecular formula is C13H15IO. The molecule has 1 aliphatic carbocycles. The summed E-state index contributed by atoms with van der Waals surface area (Å²) in [5, 5.41) is 0. The number of carbonyl (C=O) groups is 1. The molecule has 0 amide bonds. The lowest BCUT2D eigenvalue weighted by Gasteiger charge is -2.22. The maximum atomic E-state index is 11.9. The third-order valence-electron chi connectivity index (χ3n) is 3.08. The molecule has 1 fully saturated rings. The molecule has 1 nitrogen and oxygen atoms in total. The van der Waals surface area contributed by atoms with Crippen LogP contribution in [-0.2, 0) is 4.79 Å². The summed E-state index contributed by atoms with van der Waals surface area (Å²) in [6.07, 6.45) is 4.09. The summed E-state index contributed by atoms with van der Waals surface area (Å²) >= 11 is 2.34. The van der Waals surface area contributed by atoms with Crippen molar-refractivity contribution < 1.29 is 4.79 Å². The summed E-state index contributed by atoms with van der Waals surface area (Å²) in [5.74, 6) is 0.607. The Morgan fingerprint density at radius 2 is 2.13 bits per heavy atom. The first-order valence-corrected chi connectivity index (χ1v) is 6.55. The second kappa shape index (κ2) is 4.64. The Bertz CT molecular complexity index is 384. The molecule has 1 aromatic rings.